The minimum Gasteiger partial charge on any atom is -0.207 e. The van der Waals surface area contributed by atoms with E-state index in [1.54, 1.807) is 0 Å². The molecule has 1 saturated carbocycles. The van der Waals surface area contributed by atoms with E-state index < -0.39 is 17.6 Å². The van der Waals surface area contributed by atoms with Gasteiger partial charge in [-0.05, 0) is 55.2 Å². The van der Waals surface area contributed by atoms with Crippen LogP contribution in [-0.2, 0) is 6.18 Å². The minimum absolute atomic E-state index is 0.0742. The van der Waals surface area contributed by atoms with Crippen molar-refractivity contribution in [3.8, 4) is 0 Å². The van der Waals surface area contributed by atoms with Crippen molar-refractivity contribution in [1.82, 2.24) is 0 Å². The van der Waals surface area contributed by atoms with Crippen molar-refractivity contribution in [3.63, 3.8) is 0 Å². The van der Waals surface area contributed by atoms with Crippen molar-refractivity contribution in [2.75, 3.05) is 0 Å². The average molecular weight is 274 g/mol. The Hall–Kier alpha value is -1.06. The second-order valence-electron chi connectivity index (χ2n) is 5.36. The van der Waals surface area contributed by atoms with E-state index in [-0.39, 0.29) is 5.92 Å². The van der Waals surface area contributed by atoms with Gasteiger partial charge in [0.2, 0.25) is 0 Å². The summed E-state index contributed by atoms with van der Waals surface area (Å²) in [7, 11) is 0. The summed E-state index contributed by atoms with van der Waals surface area (Å²) in [5.41, 5.74) is -0.460. The summed E-state index contributed by atoms with van der Waals surface area (Å²) in [5, 5.41) is 0. The van der Waals surface area contributed by atoms with Gasteiger partial charge in [-0.1, -0.05) is 19.4 Å². The fourth-order valence-corrected chi connectivity index (χ4v) is 2.92. The molecule has 0 aliphatic heterocycles. The third-order valence-corrected chi connectivity index (χ3v) is 4.19. The summed E-state index contributed by atoms with van der Waals surface area (Å²) in [6.45, 7) is 2.14. The van der Waals surface area contributed by atoms with Gasteiger partial charge < -0.3 is 0 Å². The normalized spacial score (nSPS) is 24.5. The Bertz CT molecular complexity index is 428. The first-order chi connectivity index (χ1) is 8.91. The van der Waals surface area contributed by atoms with Crippen molar-refractivity contribution in [2.24, 2.45) is 5.92 Å². The quantitative estimate of drug-likeness (QED) is 0.622. The Morgan fingerprint density at radius 2 is 1.74 bits per heavy atom. The summed E-state index contributed by atoms with van der Waals surface area (Å²) in [4.78, 5) is 0. The van der Waals surface area contributed by atoms with Crippen LogP contribution < -0.4 is 0 Å². The van der Waals surface area contributed by atoms with Gasteiger partial charge in [0, 0.05) is 0 Å². The maximum Gasteiger partial charge on any atom is 0.416 e. The maximum atomic E-state index is 13.8. The highest BCUT2D eigenvalue weighted by molar-refractivity contribution is 5.29. The van der Waals surface area contributed by atoms with Gasteiger partial charge in [-0.3, -0.25) is 0 Å². The molecule has 0 heterocycles. The molecule has 19 heavy (non-hydrogen) atoms. The van der Waals surface area contributed by atoms with Crippen molar-refractivity contribution in [3.05, 3.63) is 35.1 Å². The van der Waals surface area contributed by atoms with Crippen LogP contribution in [0.2, 0.25) is 0 Å². The molecule has 106 valence electrons. The first-order valence-electron chi connectivity index (χ1n) is 6.78. The van der Waals surface area contributed by atoms with Gasteiger partial charge in [-0.2, -0.15) is 13.2 Å². The SMILES string of the molecule is CCC1CCC(c2ccc(C(F)(F)F)cc2F)CC1. The Morgan fingerprint density at radius 3 is 2.21 bits per heavy atom. The van der Waals surface area contributed by atoms with E-state index in [4.69, 9.17) is 0 Å². The summed E-state index contributed by atoms with van der Waals surface area (Å²) in [5.74, 6) is 0.0496. The van der Waals surface area contributed by atoms with Crippen LogP contribution in [0.25, 0.3) is 0 Å². The first kappa shape index (κ1) is 14.4. The van der Waals surface area contributed by atoms with Crippen molar-refractivity contribution >= 4 is 0 Å². The van der Waals surface area contributed by atoms with Gasteiger partial charge in [-0.25, -0.2) is 4.39 Å². The third kappa shape index (κ3) is 3.28. The van der Waals surface area contributed by atoms with E-state index in [1.165, 1.54) is 6.07 Å². The fraction of sp³-hybridized carbons (Fsp3) is 0.600. The summed E-state index contributed by atoms with van der Waals surface area (Å²) in [6, 6.07) is 2.93. The molecule has 0 N–H and O–H groups in total. The molecule has 1 fully saturated rings. The number of hydrogen-bond donors (Lipinski definition) is 0. The minimum atomic E-state index is -4.47. The monoisotopic (exact) mass is 274 g/mol. The summed E-state index contributed by atoms with van der Waals surface area (Å²) < 4.78 is 51.3. The maximum absolute atomic E-state index is 13.8. The lowest BCUT2D eigenvalue weighted by molar-refractivity contribution is -0.137. The van der Waals surface area contributed by atoms with Gasteiger partial charge >= 0.3 is 6.18 Å². The van der Waals surface area contributed by atoms with Gasteiger partial charge in [0.05, 0.1) is 5.56 Å². The predicted octanol–water partition coefficient (Wildman–Crippen LogP) is 5.53. The highest BCUT2D eigenvalue weighted by Gasteiger charge is 2.32. The third-order valence-electron chi connectivity index (χ3n) is 4.19. The van der Waals surface area contributed by atoms with Crippen LogP contribution >= 0.6 is 0 Å². The molecule has 0 unspecified atom stereocenters. The van der Waals surface area contributed by atoms with Crippen LogP contribution in [-0.4, -0.2) is 0 Å². The van der Waals surface area contributed by atoms with Crippen molar-refractivity contribution < 1.29 is 17.6 Å². The second-order valence-corrected chi connectivity index (χ2v) is 5.36. The van der Waals surface area contributed by atoms with Crippen molar-refractivity contribution in [2.45, 2.75) is 51.1 Å². The van der Waals surface area contributed by atoms with E-state index in [0.29, 0.717) is 17.5 Å². The fourth-order valence-electron chi connectivity index (χ4n) is 2.92. The topological polar surface area (TPSA) is 0 Å². The van der Waals surface area contributed by atoms with Crippen molar-refractivity contribution in [1.29, 1.82) is 0 Å². The van der Waals surface area contributed by atoms with Gasteiger partial charge in [0.25, 0.3) is 0 Å². The molecule has 0 amide bonds. The zero-order chi connectivity index (χ0) is 14.0. The lowest BCUT2D eigenvalue weighted by Gasteiger charge is -2.28. The molecule has 0 aromatic heterocycles. The van der Waals surface area contributed by atoms with Crippen LogP contribution in [0.1, 0.15) is 56.1 Å². The molecular formula is C15H18F4. The average Bonchev–Trinajstić information content (AvgIpc) is 2.38. The van der Waals surface area contributed by atoms with E-state index in [0.717, 1.165) is 38.2 Å². The predicted molar refractivity (Wildman–Crippen MR) is 66.4 cm³/mol. The van der Waals surface area contributed by atoms with Gasteiger partial charge in [0.15, 0.2) is 0 Å². The number of hydrogen-bond acceptors (Lipinski definition) is 0. The molecule has 0 nitrogen and oxygen atoms in total. The molecule has 1 aromatic rings. The number of benzene rings is 1. The van der Waals surface area contributed by atoms with E-state index in [2.05, 4.69) is 6.92 Å². The summed E-state index contributed by atoms with van der Waals surface area (Å²) >= 11 is 0. The van der Waals surface area contributed by atoms with Gasteiger partial charge in [-0.15, -0.1) is 0 Å². The molecule has 0 spiro atoms. The van der Waals surface area contributed by atoms with Crippen LogP contribution in [0, 0.1) is 11.7 Å². The number of rotatable bonds is 2. The number of alkyl halides is 3. The van der Waals surface area contributed by atoms with Crippen LogP contribution in [0.4, 0.5) is 17.6 Å². The summed E-state index contributed by atoms with van der Waals surface area (Å²) in [6.07, 6.45) is 0.492. The molecule has 1 aliphatic carbocycles. The van der Waals surface area contributed by atoms with Crippen LogP contribution in [0.5, 0.6) is 0 Å². The molecule has 0 bridgehead atoms. The number of halogens is 4. The molecule has 0 saturated heterocycles. The zero-order valence-corrected chi connectivity index (χ0v) is 10.9. The largest absolute Gasteiger partial charge is 0.416 e. The molecule has 1 aromatic carbocycles. The van der Waals surface area contributed by atoms with Gasteiger partial charge in [0.1, 0.15) is 5.82 Å². The molecule has 0 atom stereocenters. The lowest BCUT2D eigenvalue weighted by Crippen LogP contribution is -2.14. The highest BCUT2D eigenvalue weighted by Crippen LogP contribution is 2.39. The van der Waals surface area contributed by atoms with E-state index >= 15 is 0 Å². The Balaban J connectivity index is 2.14. The molecular weight excluding hydrogens is 256 g/mol. The molecule has 2 rings (SSSR count). The first-order valence-corrected chi connectivity index (χ1v) is 6.78. The highest BCUT2D eigenvalue weighted by atomic mass is 19.4. The smallest absolute Gasteiger partial charge is 0.207 e. The van der Waals surface area contributed by atoms with E-state index in [1.807, 2.05) is 0 Å². The Morgan fingerprint density at radius 1 is 1.11 bits per heavy atom. The molecule has 1 aliphatic rings. The van der Waals surface area contributed by atoms with E-state index in [9.17, 15) is 17.6 Å². The second kappa shape index (κ2) is 5.51. The van der Waals surface area contributed by atoms with Crippen LogP contribution in [0.3, 0.4) is 0 Å². The Kier molecular flexibility index (Phi) is 4.16. The standard InChI is InChI=1S/C15H18F4/c1-2-10-3-5-11(6-4-10)13-8-7-12(9-14(13)16)15(17,18)19/h7-11H,2-6H2,1H3. The Labute approximate surface area is 110 Å². The van der Waals surface area contributed by atoms with Crippen LogP contribution in [0.15, 0.2) is 18.2 Å². The molecule has 0 radical (unpaired) electrons. The zero-order valence-electron chi connectivity index (χ0n) is 10.9. The lowest BCUT2D eigenvalue weighted by atomic mass is 9.77. The molecule has 4 heteroatoms.